The summed E-state index contributed by atoms with van der Waals surface area (Å²) in [4.78, 5) is 0. The van der Waals surface area contributed by atoms with E-state index in [4.69, 9.17) is 10.5 Å². The summed E-state index contributed by atoms with van der Waals surface area (Å²) in [5, 5.41) is 3.63. The summed E-state index contributed by atoms with van der Waals surface area (Å²) < 4.78 is 5.39. The third-order valence-electron chi connectivity index (χ3n) is 3.98. The van der Waals surface area contributed by atoms with E-state index >= 15 is 0 Å². The topological polar surface area (TPSA) is 47.3 Å². The largest absolute Gasteiger partial charge is 0.496 e. The van der Waals surface area contributed by atoms with Crippen LogP contribution in [0.15, 0.2) is 42.5 Å². The Balaban J connectivity index is 1.72. The molecule has 0 amide bonds. The van der Waals surface area contributed by atoms with Gasteiger partial charge < -0.3 is 15.8 Å². The van der Waals surface area contributed by atoms with Gasteiger partial charge in [0.25, 0.3) is 0 Å². The molecule has 0 aromatic heterocycles. The Labute approximate surface area is 119 Å². The molecule has 1 unspecified atom stereocenters. The number of anilines is 1. The van der Waals surface area contributed by atoms with Crippen LogP contribution in [0, 0.1) is 0 Å². The number of nitrogens with two attached hydrogens (primary N) is 1. The van der Waals surface area contributed by atoms with Gasteiger partial charge in [-0.25, -0.2) is 0 Å². The Bertz CT molecular complexity index is 610. The lowest BCUT2D eigenvalue weighted by Crippen LogP contribution is -2.19. The molecule has 0 saturated heterocycles. The first-order valence-corrected chi connectivity index (χ1v) is 7.01. The average Bonchev–Trinajstić information content (AvgIpc) is 2.87. The molecule has 2 aromatic carbocycles. The molecule has 0 aliphatic heterocycles. The standard InChI is InChI=1S/C17H20N2O/c1-20-17-5-3-2-4-13(17)11-19-16-9-6-12-10-14(18)7-8-15(12)16/h2-5,7-8,10,16,19H,6,9,11,18H2,1H3. The van der Waals surface area contributed by atoms with Gasteiger partial charge in [0.2, 0.25) is 0 Å². The van der Waals surface area contributed by atoms with Gasteiger partial charge in [0.1, 0.15) is 5.75 Å². The zero-order valence-corrected chi connectivity index (χ0v) is 11.7. The molecule has 3 N–H and O–H groups in total. The van der Waals surface area contributed by atoms with E-state index in [1.165, 1.54) is 16.7 Å². The molecule has 0 bridgehead atoms. The van der Waals surface area contributed by atoms with Gasteiger partial charge in [0.05, 0.1) is 7.11 Å². The highest BCUT2D eigenvalue weighted by Gasteiger charge is 2.22. The summed E-state index contributed by atoms with van der Waals surface area (Å²) in [5.41, 5.74) is 10.7. The molecule has 2 aromatic rings. The van der Waals surface area contributed by atoms with Gasteiger partial charge in [-0.3, -0.25) is 0 Å². The number of hydrogen-bond acceptors (Lipinski definition) is 3. The van der Waals surface area contributed by atoms with E-state index < -0.39 is 0 Å². The summed E-state index contributed by atoms with van der Waals surface area (Å²) in [6.07, 6.45) is 2.23. The first kappa shape index (κ1) is 13.0. The maximum absolute atomic E-state index is 5.84. The maximum Gasteiger partial charge on any atom is 0.123 e. The van der Waals surface area contributed by atoms with Crippen molar-refractivity contribution in [2.24, 2.45) is 0 Å². The lowest BCUT2D eigenvalue weighted by Gasteiger charge is -2.15. The summed E-state index contributed by atoms with van der Waals surface area (Å²) in [7, 11) is 1.71. The molecule has 104 valence electrons. The molecule has 3 heteroatoms. The van der Waals surface area contributed by atoms with E-state index in [0.717, 1.165) is 30.8 Å². The van der Waals surface area contributed by atoms with Crippen LogP contribution in [0.1, 0.15) is 29.2 Å². The molecule has 1 aliphatic carbocycles. The van der Waals surface area contributed by atoms with E-state index in [0.29, 0.717) is 6.04 Å². The summed E-state index contributed by atoms with van der Waals surface area (Å²) in [6.45, 7) is 0.818. The van der Waals surface area contributed by atoms with Crippen molar-refractivity contribution in [3.8, 4) is 5.75 Å². The second-order valence-corrected chi connectivity index (χ2v) is 5.24. The van der Waals surface area contributed by atoms with Crippen LogP contribution in [-0.4, -0.2) is 7.11 Å². The molecule has 0 spiro atoms. The number of para-hydroxylation sites is 1. The van der Waals surface area contributed by atoms with Gasteiger partial charge in [-0.05, 0) is 42.2 Å². The fourth-order valence-electron chi connectivity index (χ4n) is 2.93. The van der Waals surface area contributed by atoms with Gasteiger partial charge in [-0.2, -0.15) is 0 Å². The highest BCUT2D eigenvalue weighted by Crippen LogP contribution is 2.32. The van der Waals surface area contributed by atoms with E-state index in [-0.39, 0.29) is 0 Å². The van der Waals surface area contributed by atoms with Crippen molar-refractivity contribution in [2.45, 2.75) is 25.4 Å². The van der Waals surface area contributed by atoms with Crippen molar-refractivity contribution in [3.05, 3.63) is 59.2 Å². The van der Waals surface area contributed by atoms with Crippen molar-refractivity contribution in [3.63, 3.8) is 0 Å². The number of ether oxygens (including phenoxy) is 1. The molecule has 0 saturated carbocycles. The van der Waals surface area contributed by atoms with E-state index in [1.54, 1.807) is 7.11 Å². The predicted molar refractivity (Wildman–Crippen MR) is 81.8 cm³/mol. The Morgan fingerprint density at radius 1 is 1.25 bits per heavy atom. The van der Waals surface area contributed by atoms with Crippen LogP contribution in [0.2, 0.25) is 0 Å². The number of nitrogen functional groups attached to an aromatic ring is 1. The highest BCUT2D eigenvalue weighted by molar-refractivity contribution is 5.47. The zero-order valence-electron chi connectivity index (χ0n) is 11.7. The fourth-order valence-corrected chi connectivity index (χ4v) is 2.93. The van der Waals surface area contributed by atoms with Crippen LogP contribution in [0.5, 0.6) is 5.75 Å². The van der Waals surface area contributed by atoms with E-state index in [9.17, 15) is 0 Å². The second-order valence-electron chi connectivity index (χ2n) is 5.24. The van der Waals surface area contributed by atoms with E-state index in [2.05, 4.69) is 23.5 Å². The third-order valence-corrected chi connectivity index (χ3v) is 3.98. The fraction of sp³-hybridized carbons (Fsp3) is 0.294. The molecule has 1 aliphatic rings. The summed E-state index contributed by atoms with van der Waals surface area (Å²) >= 11 is 0. The Morgan fingerprint density at radius 2 is 2.10 bits per heavy atom. The number of rotatable bonds is 4. The van der Waals surface area contributed by atoms with Crippen LogP contribution in [0.4, 0.5) is 5.69 Å². The number of nitrogens with one attached hydrogen (secondary N) is 1. The smallest absolute Gasteiger partial charge is 0.123 e. The number of aryl methyl sites for hydroxylation is 1. The van der Waals surface area contributed by atoms with Crippen LogP contribution < -0.4 is 15.8 Å². The maximum atomic E-state index is 5.84. The third kappa shape index (κ3) is 2.49. The quantitative estimate of drug-likeness (QED) is 0.838. The molecule has 1 atom stereocenters. The lowest BCUT2D eigenvalue weighted by atomic mass is 10.1. The number of benzene rings is 2. The normalized spacial score (nSPS) is 16.9. The van der Waals surface area contributed by atoms with Gasteiger partial charge in [-0.1, -0.05) is 24.3 Å². The monoisotopic (exact) mass is 268 g/mol. The Hall–Kier alpha value is -2.00. The van der Waals surface area contributed by atoms with Gasteiger partial charge in [0, 0.05) is 23.8 Å². The lowest BCUT2D eigenvalue weighted by molar-refractivity contribution is 0.405. The molecule has 0 radical (unpaired) electrons. The average molecular weight is 268 g/mol. The first-order valence-electron chi connectivity index (χ1n) is 7.01. The van der Waals surface area contributed by atoms with Gasteiger partial charge >= 0.3 is 0 Å². The SMILES string of the molecule is COc1ccccc1CNC1CCc2cc(N)ccc21. The second kappa shape index (κ2) is 5.55. The van der Waals surface area contributed by atoms with Crippen molar-refractivity contribution >= 4 is 5.69 Å². The zero-order chi connectivity index (χ0) is 13.9. The number of fused-ring (bicyclic) bond motifs is 1. The van der Waals surface area contributed by atoms with Gasteiger partial charge in [-0.15, -0.1) is 0 Å². The molecular weight excluding hydrogens is 248 g/mol. The molecule has 3 rings (SSSR count). The minimum absolute atomic E-state index is 0.413. The number of methoxy groups -OCH3 is 1. The van der Waals surface area contributed by atoms with Crippen molar-refractivity contribution in [1.29, 1.82) is 0 Å². The van der Waals surface area contributed by atoms with E-state index in [1.807, 2.05) is 24.3 Å². The predicted octanol–water partition coefficient (Wildman–Crippen LogP) is 3.05. The molecule has 20 heavy (non-hydrogen) atoms. The van der Waals surface area contributed by atoms with Crippen LogP contribution in [-0.2, 0) is 13.0 Å². The Morgan fingerprint density at radius 3 is 2.95 bits per heavy atom. The summed E-state index contributed by atoms with van der Waals surface area (Å²) in [5.74, 6) is 0.940. The highest BCUT2D eigenvalue weighted by atomic mass is 16.5. The number of hydrogen-bond donors (Lipinski definition) is 2. The van der Waals surface area contributed by atoms with Crippen LogP contribution >= 0.6 is 0 Å². The van der Waals surface area contributed by atoms with Crippen molar-refractivity contribution < 1.29 is 4.74 Å². The van der Waals surface area contributed by atoms with Crippen molar-refractivity contribution in [1.82, 2.24) is 5.32 Å². The van der Waals surface area contributed by atoms with Crippen LogP contribution in [0.25, 0.3) is 0 Å². The molecule has 3 nitrogen and oxygen atoms in total. The molecule has 0 fully saturated rings. The molecule has 0 heterocycles. The van der Waals surface area contributed by atoms with Crippen LogP contribution in [0.3, 0.4) is 0 Å². The first-order chi connectivity index (χ1) is 9.78. The Kier molecular flexibility index (Phi) is 3.61. The molecular formula is C17H20N2O. The minimum atomic E-state index is 0.413. The summed E-state index contributed by atoms with van der Waals surface area (Å²) in [6, 6.07) is 14.8. The minimum Gasteiger partial charge on any atom is -0.496 e. The van der Waals surface area contributed by atoms with Gasteiger partial charge in [0.15, 0.2) is 0 Å². The van der Waals surface area contributed by atoms with Crippen molar-refractivity contribution in [2.75, 3.05) is 12.8 Å².